The van der Waals surface area contributed by atoms with E-state index in [4.69, 9.17) is 10.5 Å². The minimum absolute atomic E-state index is 0.00203. The van der Waals surface area contributed by atoms with E-state index in [1.54, 1.807) is 29.2 Å². The van der Waals surface area contributed by atoms with Crippen LogP contribution in [0.15, 0.2) is 24.3 Å². The molecule has 3 amide bonds. The molecular formula is C18H24N4O4. The van der Waals surface area contributed by atoms with Crippen LogP contribution in [-0.4, -0.2) is 50.1 Å². The van der Waals surface area contributed by atoms with Crippen LogP contribution in [0.5, 0.6) is 0 Å². The minimum atomic E-state index is -0.761. The van der Waals surface area contributed by atoms with Gasteiger partial charge in [-0.3, -0.25) is 14.4 Å². The summed E-state index contributed by atoms with van der Waals surface area (Å²) in [6, 6.07) is 6.21. The SMILES string of the molecule is NC[C@@H](NC(=O)C1CCC1)C(=O)Nc1ccc(N2CCOCC2=O)cc1. The number of benzene rings is 1. The largest absolute Gasteiger partial charge is 0.370 e. The summed E-state index contributed by atoms with van der Waals surface area (Å²) in [5, 5.41) is 5.47. The van der Waals surface area contributed by atoms with Crippen molar-refractivity contribution in [1.29, 1.82) is 0 Å². The highest BCUT2D eigenvalue weighted by Crippen LogP contribution is 2.26. The molecule has 2 fully saturated rings. The maximum Gasteiger partial charge on any atom is 0.253 e. The molecule has 0 bridgehead atoms. The van der Waals surface area contributed by atoms with Crippen molar-refractivity contribution in [3.63, 3.8) is 0 Å². The number of nitrogens with zero attached hydrogens (tertiary/aromatic N) is 1. The Hall–Kier alpha value is -2.45. The van der Waals surface area contributed by atoms with Crippen molar-refractivity contribution in [1.82, 2.24) is 5.32 Å². The summed E-state index contributed by atoms with van der Waals surface area (Å²) >= 11 is 0. The van der Waals surface area contributed by atoms with Crippen molar-refractivity contribution in [2.24, 2.45) is 11.7 Å². The summed E-state index contributed by atoms with van der Waals surface area (Å²) in [5.74, 6) is -0.546. The molecule has 1 aromatic carbocycles. The summed E-state index contributed by atoms with van der Waals surface area (Å²) < 4.78 is 5.11. The highest BCUT2D eigenvalue weighted by atomic mass is 16.5. The second-order valence-corrected chi connectivity index (χ2v) is 6.56. The maximum atomic E-state index is 12.4. The zero-order chi connectivity index (χ0) is 18.5. The number of amides is 3. The Kier molecular flexibility index (Phi) is 5.85. The molecule has 1 saturated heterocycles. The standard InChI is InChI=1S/C18H24N4O4/c19-10-15(21-17(24)12-2-1-3-12)18(25)20-13-4-6-14(7-5-13)22-8-9-26-11-16(22)23/h4-7,12,15H,1-3,8-11,19H2,(H,20,25)(H,21,24)/t15-/m1/s1. The predicted molar refractivity (Wildman–Crippen MR) is 96.6 cm³/mol. The van der Waals surface area contributed by atoms with Crippen molar-refractivity contribution in [2.45, 2.75) is 25.3 Å². The number of nitrogens with one attached hydrogen (secondary N) is 2. The summed E-state index contributed by atoms with van der Waals surface area (Å²) in [6.45, 7) is 1.12. The van der Waals surface area contributed by atoms with Gasteiger partial charge in [0.1, 0.15) is 12.6 Å². The van der Waals surface area contributed by atoms with Crippen molar-refractivity contribution in [3.8, 4) is 0 Å². The predicted octanol–water partition coefficient (Wildman–Crippen LogP) is 0.232. The van der Waals surface area contributed by atoms with Gasteiger partial charge >= 0.3 is 0 Å². The molecule has 8 nitrogen and oxygen atoms in total. The van der Waals surface area contributed by atoms with Crippen molar-refractivity contribution >= 4 is 29.1 Å². The molecule has 140 valence electrons. The summed E-state index contributed by atoms with van der Waals surface area (Å²) in [5.41, 5.74) is 6.97. The Morgan fingerprint density at radius 1 is 1.27 bits per heavy atom. The number of anilines is 2. The van der Waals surface area contributed by atoms with Crippen LogP contribution in [0, 0.1) is 5.92 Å². The molecule has 3 rings (SSSR count). The van der Waals surface area contributed by atoms with Crippen molar-refractivity contribution in [3.05, 3.63) is 24.3 Å². The van der Waals surface area contributed by atoms with E-state index in [0.717, 1.165) is 24.9 Å². The van der Waals surface area contributed by atoms with Gasteiger partial charge in [0.15, 0.2) is 0 Å². The van der Waals surface area contributed by atoms with Crippen LogP contribution in [0.2, 0.25) is 0 Å². The summed E-state index contributed by atoms with van der Waals surface area (Å²) in [4.78, 5) is 37.9. The van der Waals surface area contributed by atoms with Crippen LogP contribution >= 0.6 is 0 Å². The first kappa shape index (κ1) is 18.3. The number of carbonyl (C=O) groups is 3. The third-order valence-corrected chi connectivity index (χ3v) is 4.78. The minimum Gasteiger partial charge on any atom is -0.370 e. The molecule has 8 heteroatoms. The molecule has 1 saturated carbocycles. The zero-order valence-electron chi connectivity index (χ0n) is 14.6. The van der Waals surface area contributed by atoms with Gasteiger partial charge in [0.25, 0.3) is 5.91 Å². The van der Waals surface area contributed by atoms with E-state index in [1.807, 2.05) is 0 Å². The van der Waals surface area contributed by atoms with Crippen LogP contribution in [0.25, 0.3) is 0 Å². The first-order valence-electron chi connectivity index (χ1n) is 8.88. The third kappa shape index (κ3) is 4.20. The Morgan fingerprint density at radius 2 is 2.00 bits per heavy atom. The number of morpholine rings is 1. The first-order valence-corrected chi connectivity index (χ1v) is 8.88. The monoisotopic (exact) mass is 360 g/mol. The third-order valence-electron chi connectivity index (χ3n) is 4.78. The fourth-order valence-corrected chi connectivity index (χ4v) is 2.94. The Labute approximate surface area is 152 Å². The quantitative estimate of drug-likeness (QED) is 0.672. The first-order chi connectivity index (χ1) is 12.6. The summed E-state index contributed by atoms with van der Waals surface area (Å²) in [6.07, 6.45) is 2.79. The lowest BCUT2D eigenvalue weighted by molar-refractivity contribution is -0.131. The number of rotatable bonds is 6. The number of hydrogen-bond acceptors (Lipinski definition) is 5. The van der Waals surface area contributed by atoms with Crippen LogP contribution < -0.4 is 21.3 Å². The van der Waals surface area contributed by atoms with Crippen LogP contribution in [0.1, 0.15) is 19.3 Å². The molecule has 1 aromatic rings. The van der Waals surface area contributed by atoms with Gasteiger partial charge in [-0.25, -0.2) is 0 Å². The van der Waals surface area contributed by atoms with Gasteiger partial charge < -0.3 is 26.0 Å². The van der Waals surface area contributed by atoms with Crippen molar-refractivity contribution in [2.75, 3.05) is 36.5 Å². The Balaban J connectivity index is 1.57. The van der Waals surface area contributed by atoms with Gasteiger partial charge in [-0.15, -0.1) is 0 Å². The van der Waals surface area contributed by atoms with Crippen molar-refractivity contribution < 1.29 is 19.1 Å². The van der Waals surface area contributed by atoms with E-state index in [0.29, 0.717) is 18.8 Å². The van der Waals surface area contributed by atoms with Gasteiger partial charge in [0.2, 0.25) is 11.8 Å². The van der Waals surface area contributed by atoms with Crippen LogP contribution in [0.3, 0.4) is 0 Å². The second-order valence-electron chi connectivity index (χ2n) is 6.56. The van der Waals surface area contributed by atoms with E-state index >= 15 is 0 Å². The van der Waals surface area contributed by atoms with Crippen LogP contribution in [0.4, 0.5) is 11.4 Å². The van der Waals surface area contributed by atoms with E-state index in [2.05, 4.69) is 10.6 Å². The maximum absolute atomic E-state index is 12.4. The number of hydrogen-bond donors (Lipinski definition) is 3. The molecule has 2 aliphatic rings. The number of carbonyl (C=O) groups excluding carboxylic acids is 3. The van der Waals surface area contributed by atoms with E-state index in [1.165, 1.54) is 0 Å². The second kappa shape index (κ2) is 8.29. The Morgan fingerprint density at radius 3 is 2.58 bits per heavy atom. The molecule has 0 radical (unpaired) electrons. The van der Waals surface area contributed by atoms with Gasteiger partial charge in [0, 0.05) is 30.4 Å². The molecular weight excluding hydrogens is 336 g/mol. The molecule has 1 atom stereocenters. The molecule has 1 heterocycles. The average Bonchev–Trinajstić information content (AvgIpc) is 2.59. The normalized spacial score (nSPS) is 18.8. The van der Waals surface area contributed by atoms with Gasteiger partial charge in [-0.05, 0) is 37.1 Å². The number of nitrogens with two attached hydrogens (primary N) is 1. The molecule has 0 aromatic heterocycles. The van der Waals surface area contributed by atoms with E-state index in [9.17, 15) is 14.4 Å². The highest BCUT2D eigenvalue weighted by molar-refractivity contribution is 5.98. The fourth-order valence-electron chi connectivity index (χ4n) is 2.94. The summed E-state index contributed by atoms with van der Waals surface area (Å²) in [7, 11) is 0. The number of ether oxygens (including phenoxy) is 1. The lowest BCUT2D eigenvalue weighted by Gasteiger charge is -2.27. The molecule has 0 unspecified atom stereocenters. The smallest absolute Gasteiger partial charge is 0.253 e. The lowest BCUT2D eigenvalue weighted by Crippen LogP contribution is -2.50. The molecule has 1 aliphatic carbocycles. The topological polar surface area (TPSA) is 114 Å². The molecule has 26 heavy (non-hydrogen) atoms. The van der Waals surface area contributed by atoms with Gasteiger partial charge in [0.05, 0.1) is 6.61 Å². The lowest BCUT2D eigenvalue weighted by atomic mass is 9.84. The van der Waals surface area contributed by atoms with E-state index in [-0.39, 0.29) is 36.8 Å². The average molecular weight is 360 g/mol. The Bertz CT molecular complexity index is 672. The van der Waals surface area contributed by atoms with Gasteiger partial charge in [-0.1, -0.05) is 6.42 Å². The molecule has 1 aliphatic heterocycles. The fraction of sp³-hybridized carbons (Fsp3) is 0.500. The van der Waals surface area contributed by atoms with E-state index < -0.39 is 6.04 Å². The van der Waals surface area contributed by atoms with Gasteiger partial charge in [-0.2, -0.15) is 0 Å². The molecule has 0 spiro atoms. The highest BCUT2D eigenvalue weighted by Gasteiger charge is 2.28. The zero-order valence-corrected chi connectivity index (χ0v) is 14.6. The van der Waals surface area contributed by atoms with Crippen LogP contribution in [-0.2, 0) is 19.1 Å². The molecule has 4 N–H and O–H groups in total.